The predicted molar refractivity (Wildman–Crippen MR) is 67.5 cm³/mol. The molecule has 92 valence electrons. The molecule has 0 saturated heterocycles. The number of nitriles is 1. The van der Waals surface area contributed by atoms with Gasteiger partial charge in [0.15, 0.2) is 0 Å². The van der Waals surface area contributed by atoms with Gasteiger partial charge in [-0.3, -0.25) is 0 Å². The van der Waals surface area contributed by atoms with Gasteiger partial charge < -0.3 is 10.0 Å². The second-order valence-corrected chi connectivity index (χ2v) is 4.16. The first-order valence-electron chi connectivity index (χ1n) is 5.87. The maximum atomic E-state index is 9.71. The number of aromatic nitrogens is 1. The molecule has 0 aromatic carbocycles. The molecule has 0 aliphatic heterocycles. The molecule has 0 bridgehead atoms. The van der Waals surface area contributed by atoms with Crippen LogP contribution in [-0.2, 0) is 0 Å². The molecule has 1 heterocycles. The van der Waals surface area contributed by atoms with Crippen molar-refractivity contribution >= 4 is 5.82 Å². The molecule has 1 N–H and O–H groups in total. The zero-order chi connectivity index (χ0) is 12.8. The monoisotopic (exact) mass is 233 g/mol. The topological polar surface area (TPSA) is 60.2 Å². The van der Waals surface area contributed by atoms with E-state index < -0.39 is 6.10 Å². The number of nitrogens with zero attached hydrogens (tertiary/aromatic N) is 3. The third-order valence-electron chi connectivity index (χ3n) is 2.66. The highest BCUT2D eigenvalue weighted by Gasteiger charge is 2.16. The lowest BCUT2D eigenvalue weighted by Crippen LogP contribution is -2.29. The number of aliphatic hydroxyl groups is 1. The van der Waals surface area contributed by atoms with Gasteiger partial charge in [0.1, 0.15) is 5.82 Å². The highest BCUT2D eigenvalue weighted by molar-refractivity contribution is 5.47. The van der Waals surface area contributed by atoms with E-state index >= 15 is 0 Å². The summed E-state index contributed by atoms with van der Waals surface area (Å²) in [6.07, 6.45) is 1.16. The van der Waals surface area contributed by atoms with E-state index in [1.54, 1.807) is 13.1 Å². The molecule has 17 heavy (non-hydrogen) atoms. The third-order valence-corrected chi connectivity index (χ3v) is 2.66. The van der Waals surface area contributed by atoms with E-state index in [1.807, 2.05) is 30.9 Å². The van der Waals surface area contributed by atoms with Crippen LogP contribution in [-0.4, -0.2) is 23.2 Å². The van der Waals surface area contributed by atoms with Gasteiger partial charge in [0, 0.05) is 24.8 Å². The second-order valence-electron chi connectivity index (χ2n) is 4.16. The fourth-order valence-corrected chi connectivity index (χ4v) is 1.74. The average molecular weight is 233 g/mol. The molecule has 1 aromatic heterocycles. The molecule has 4 nitrogen and oxygen atoms in total. The summed E-state index contributed by atoms with van der Waals surface area (Å²) in [5.41, 5.74) is 0.805. The molecular weight excluding hydrogens is 214 g/mol. The van der Waals surface area contributed by atoms with Crippen molar-refractivity contribution in [3.8, 4) is 6.07 Å². The van der Waals surface area contributed by atoms with Crippen LogP contribution in [0.15, 0.2) is 18.3 Å². The Labute approximate surface area is 103 Å². The Morgan fingerprint density at radius 1 is 1.53 bits per heavy atom. The average Bonchev–Trinajstić information content (AvgIpc) is 2.35. The fraction of sp³-hybridized carbons (Fsp3) is 0.538. The van der Waals surface area contributed by atoms with E-state index in [1.165, 1.54) is 0 Å². The maximum absolute atomic E-state index is 9.71. The highest BCUT2D eigenvalue weighted by atomic mass is 16.3. The molecule has 2 atom stereocenters. The SMILES string of the molecule is CCN(CC(C)C#N)c1ncccc1[C@H](C)O. The summed E-state index contributed by atoms with van der Waals surface area (Å²) >= 11 is 0. The first kappa shape index (κ1) is 13.5. The number of aliphatic hydroxyl groups excluding tert-OH is 1. The van der Waals surface area contributed by atoms with Crippen LogP contribution in [0.5, 0.6) is 0 Å². The van der Waals surface area contributed by atoms with Gasteiger partial charge in [0.25, 0.3) is 0 Å². The van der Waals surface area contributed by atoms with Crippen molar-refractivity contribution in [1.29, 1.82) is 5.26 Å². The van der Waals surface area contributed by atoms with Gasteiger partial charge in [0.05, 0.1) is 18.1 Å². The van der Waals surface area contributed by atoms with E-state index in [0.29, 0.717) is 6.54 Å². The number of hydrogen-bond donors (Lipinski definition) is 1. The quantitative estimate of drug-likeness (QED) is 0.846. The molecular formula is C13H19N3O. The van der Waals surface area contributed by atoms with Crippen molar-refractivity contribution in [3.63, 3.8) is 0 Å². The first-order chi connectivity index (χ1) is 8.10. The smallest absolute Gasteiger partial charge is 0.134 e. The van der Waals surface area contributed by atoms with Crippen LogP contribution < -0.4 is 4.90 Å². The maximum Gasteiger partial charge on any atom is 0.134 e. The fourth-order valence-electron chi connectivity index (χ4n) is 1.74. The molecule has 0 amide bonds. The van der Waals surface area contributed by atoms with Crippen molar-refractivity contribution in [2.75, 3.05) is 18.0 Å². The standard InChI is InChI=1S/C13H19N3O/c1-4-16(9-10(2)8-14)13-12(11(3)17)6-5-7-15-13/h5-7,10-11,17H,4,9H2,1-3H3/t10?,11-/m0/s1. The largest absolute Gasteiger partial charge is 0.389 e. The van der Waals surface area contributed by atoms with Crippen molar-refractivity contribution in [1.82, 2.24) is 4.98 Å². The van der Waals surface area contributed by atoms with E-state index in [4.69, 9.17) is 5.26 Å². The zero-order valence-corrected chi connectivity index (χ0v) is 10.6. The summed E-state index contributed by atoms with van der Waals surface area (Å²) in [4.78, 5) is 6.34. The number of hydrogen-bond acceptors (Lipinski definition) is 4. The molecule has 1 rings (SSSR count). The summed E-state index contributed by atoms with van der Waals surface area (Å²) in [6.45, 7) is 7.02. The number of pyridine rings is 1. The van der Waals surface area contributed by atoms with Crippen LogP contribution in [0, 0.1) is 17.2 Å². The van der Waals surface area contributed by atoms with Crippen LogP contribution in [0.2, 0.25) is 0 Å². The lowest BCUT2D eigenvalue weighted by molar-refractivity contribution is 0.199. The van der Waals surface area contributed by atoms with Crippen molar-refractivity contribution < 1.29 is 5.11 Å². The lowest BCUT2D eigenvalue weighted by Gasteiger charge is -2.26. The minimum Gasteiger partial charge on any atom is -0.389 e. The molecule has 0 radical (unpaired) electrons. The molecule has 0 aliphatic rings. The Bertz CT molecular complexity index is 398. The van der Waals surface area contributed by atoms with E-state index in [9.17, 15) is 5.11 Å². The summed E-state index contributed by atoms with van der Waals surface area (Å²) in [5.74, 6) is 0.714. The lowest BCUT2D eigenvalue weighted by atomic mass is 10.1. The third kappa shape index (κ3) is 3.43. The minimum absolute atomic E-state index is 0.0567. The van der Waals surface area contributed by atoms with Crippen LogP contribution >= 0.6 is 0 Å². The van der Waals surface area contributed by atoms with Gasteiger partial charge >= 0.3 is 0 Å². The van der Waals surface area contributed by atoms with Gasteiger partial charge in [-0.25, -0.2) is 4.98 Å². The molecule has 1 unspecified atom stereocenters. The minimum atomic E-state index is -0.551. The van der Waals surface area contributed by atoms with Gasteiger partial charge in [-0.2, -0.15) is 5.26 Å². The van der Waals surface area contributed by atoms with Crippen LogP contribution in [0.25, 0.3) is 0 Å². The van der Waals surface area contributed by atoms with E-state index in [0.717, 1.165) is 17.9 Å². The highest BCUT2D eigenvalue weighted by Crippen LogP contribution is 2.24. The van der Waals surface area contributed by atoms with Crippen LogP contribution in [0.1, 0.15) is 32.4 Å². The van der Waals surface area contributed by atoms with Crippen LogP contribution in [0.4, 0.5) is 5.82 Å². The molecule has 0 fully saturated rings. The van der Waals surface area contributed by atoms with Gasteiger partial charge in [-0.15, -0.1) is 0 Å². The van der Waals surface area contributed by atoms with Gasteiger partial charge in [0.2, 0.25) is 0 Å². The second kappa shape index (κ2) is 6.21. The molecule has 4 heteroatoms. The normalized spacial score (nSPS) is 13.8. The molecule has 0 aliphatic carbocycles. The summed E-state index contributed by atoms with van der Waals surface area (Å²) in [6, 6.07) is 5.90. The van der Waals surface area contributed by atoms with Gasteiger partial charge in [-0.05, 0) is 26.8 Å². The van der Waals surface area contributed by atoms with E-state index in [2.05, 4.69) is 11.1 Å². The Morgan fingerprint density at radius 3 is 2.76 bits per heavy atom. The summed E-state index contributed by atoms with van der Waals surface area (Å²) in [5, 5.41) is 18.6. The Hall–Kier alpha value is -1.60. The van der Waals surface area contributed by atoms with Crippen molar-refractivity contribution in [2.45, 2.75) is 26.9 Å². The zero-order valence-electron chi connectivity index (χ0n) is 10.6. The first-order valence-corrected chi connectivity index (χ1v) is 5.87. The summed E-state index contributed by atoms with van der Waals surface area (Å²) < 4.78 is 0. The Balaban J connectivity index is 2.99. The van der Waals surface area contributed by atoms with E-state index in [-0.39, 0.29) is 5.92 Å². The predicted octanol–water partition coefficient (Wildman–Crippen LogP) is 2.12. The Kier molecular flexibility index (Phi) is 4.92. The molecule has 1 aromatic rings. The van der Waals surface area contributed by atoms with Gasteiger partial charge in [-0.1, -0.05) is 6.07 Å². The Morgan fingerprint density at radius 2 is 2.24 bits per heavy atom. The summed E-state index contributed by atoms with van der Waals surface area (Å²) in [7, 11) is 0. The number of rotatable bonds is 5. The van der Waals surface area contributed by atoms with Crippen molar-refractivity contribution in [3.05, 3.63) is 23.9 Å². The molecule has 0 spiro atoms. The number of anilines is 1. The van der Waals surface area contributed by atoms with Crippen molar-refractivity contribution in [2.24, 2.45) is 5.92 Å². The van der Waals surface area contributed by atoms with Crippen LogP contribution in [0.3, 0.4) is 0 Å². The molecule has 0 saturated carbocycles.